The second-order valence-electron chi connectivity index (χ2n) is 7.71. The highest BCUT2D eigenvalue weighted by atomic mass is 15.2. The fourth-order valence-electron chi connectivity index (χ4n) is 4.38. The van der Waals surface area contributed by atoms with E-state index in [0.717, 1.165) is 6.04 Å². The number of likely N-dealkylation sites (N-methyl/N-ethyl adjacent to an activating group) is 2. The minimum absolute atomic E-state index is 0.540. The molecule has 0 aromatic rings. The summed E-state index contributed by atoms with van der Waals surface area (Å²) in [5.41, 5.74) is 0.540. The molecule has 0 aromatic heterocycles. The molecule has 2 rings (SSSR count). The van der Waals surface area contributed by atoms with Gasteiger partial charge in [0.05, 0.1) is 0 Å². The molecule has 1 unspecified atom stereocenters. The third-order valence-electron chi connectivity index (χ3n) is 5.65. The molecule has 0 amide bonds. The lowest BCUT2D eigenvalue weighted by Crippen LogP contribution is -2.51. The maximum absolute atomic E-state index is 3.73. The van der Waals surface area contributed by atoms with Crippen molar-refractivity contribution in [1.29, 1.82) is 0 Å². The van der Waals surface area contributed by atoms with E-state index >= 15 is 0 Å². The van der Waals surface area contributed by atoms with E-state index in [1.165, 1.54) is 84.1 Å². The van der Waals surface area contributed by atoms with Gasteiger partial charge in [-0.25, -0.2) is 0 Å². The van der Waals surface area contributed by atoms with Gasteiger partial charge < -0.3 is 15.1 Å². The van der Waals surface area contributed by atoms with Crippen molar-refractivity contribution >= 4 is 0 Å². The molecule has 2 fully saturated rings. The van der Waals surface area contributed by atoms with Crippen molar-refractivity contribution < 1.29 is 0 Å². The zero-order chi connectivity index (χ0) is 15.1. The van der Waals surface area contributed by atoms with E-state index in [0.29, 0.717) is 5.41 Å². The summed E-state index contributed by atoms with van der Waals surface area (Å²) in [4.78, 5) is 5.20. The Bertz CT molecular complexity index is 286. The number of hydrogen-bond acceptors (Lipinski definition) is 3. The lowest BCUT2D eigenvalue weighted by molar-refractivity contribution is 0.0637. The summed E-state index contributed by atoms with van der Waals surface area (Å²) in [5.74, 6) is 0. The summed E-state index contributed by atoms with van der Waals surface area (Å²) >= 11 is 0. The Balaban J connectivity index is 1.90. The third-order valence-corrected chi connectivity index (χ3v) is 5.65. The first-order valence-corrected chi connectivity index (χ1v) is 9.25. The summed E-state index contributed by atoms with van der Waals surface area (Å²) in [6.45, 7) is 8.51. The fraction of sp³-hybridized carbons (Fsp3) is 1.00. The van der Waals surface area contributed by atoms with E-state index < -0.39 is 0 Å². The van der Waals surface area contributed by atoms with E-state index in [9.17, 15) is 0 Å². The van der Waals surface area contributed by atoms with Gasteiger partial charge in [-0.3, -0.25) is 0 Å². The SMILES string of the molecule is CCCNCC1(CN(C)C2CCCN(C)C2)CCCCC1. The first-order chi connectivity index (χ1) is 10.2. The van der Waals surface area contributed by atoms with E-state index in [1.54, 1.807) is 0 Å². The summed E-state index contributed by atoms with van der Waals surface area (Å²) in [6, 6.07) is 0.772. The monoisotopic (exact) mass is 295 g/mol. The average molecular weight is 296 g/mol. The van der Waals surface area contributed by atoms with Gasteiger partial charge in [-0.1, -0.05) is 26.2 Å². The summed E-state index contributed by atoms with van der Waals surface area (Å²) < 4.78 is 0. The number of piperidine rings is 1. The van der Waals surface area contributed by atoms with Crippen molar-refractivity contribution in [3.8, 4) is 0 Å². The third kappa shape index (κ3) is 5.22. The summed E-state index contributed by atoms with van der Waals surface area (Å²) in [5, 5.41) is 3.73. The molecule has 1 aliphatic heterocycles. The molecular formula is C18H37N3. The molecule has 0 bridgehead atoms. The molecule has 1 heterocycles. The van der Waals surface area contributed by atoms with Crippen molar-refractivity contribution in [3.05, 3.63) is 0 Å². The van der Waals surface area contributed by atoms with Gasteiger partial charge in [-0.05, 0) is 64.7 Å². The molecule has 2 aliphatic rings. The number of rotatable bonds is 7. The quantitative estimate of drug-likeness (QED) is 0.729. The lowest BCUT2D eigenvalue weighted by atomic mass is 9.73. The van der Waals surface area contributed by atoms with E-state index in [2.05, 4.69) is 36.1 Å². The van der Waals surface area contributed by atoms with Gasteiger partial charge in [0.25, 0.3) is 0 Å². The van der Waals surface area contributed by atoms with Gasteiger partial charge >= 0.3 is 0 Å². The Morgan fingerprint density at radius 1 is 1.19 bits per heavy atom. The number of hydrogen-bond donors (Lipinski definition) is 1. The van der Waals surface area contributed by atoms with E-state index in [-0.39, 0.29) is 0 Å². The van der Waals surface area contributed by atoms with Gasteiger partial charge in [-0.2, -0.15) is 0 Å². The average Bonchev–Trinajstić information content (AvgIpc) is 2.48. The lowest BCUT2D eigenvalue weighted by Gasteiger charge is -2.44. The predicted molar refractivity (Wildman–Crippen MR) is 91.8 cm³/mol. The number of nitrogens with one attached hydrogen (secondary N) is 1. The normalized spacial score (nSPS) is 27.1. The maximum atomic E-state index is 3.73. The molecule has 1 saturated heterocycles. The van der Waals surface area contributed by atoms with Crippen LogP contribution in [0.1, 0.15) is 58.3 Å². The number of nitrogens with zero attached hydrogens (tertiary/aromatic N) is 2. The van der Waals surface area contributed by atoms with Crippen molar-refractivity contribution in [2.24, 2.45) is 5.41 Å². The van der Waals surface area contributed by atoms with Crippen LogP contribution in [0.5, 0.6) is 0 Å². The van der Waals surface area contributed by atoms with E-state index in [4.69, 9.17) is 0 Å². The first kappa shape index (κ1) is 17.2. The number of likely N-dealkylation sites (tertiary alicyclic amines) is 1. The van der Waals surface area contributed by atoms with Crippen LogP contribution in [0, 0.1) is 5.41 Å². The Morgan fingerprint density at radius 2 is 1.95 bits per heavy atom. The van der Waals surface area contributed by atoms with Gasteiger partial charge in [0.1, 0.15) is 0 Å². The van der Waals surface area contributed by atoms with Crippen LogP contribution in [0.4, 0.5) is 0 Å². The second-order valence-corrected chi connectivity index (χ2v) is 7.71. The van der Waals surface area contributed by atoms with Gasteiger partial charge in [0.2, 0.25) is 0 Å². The Labute approximate surface area is 132 Å². The van der Waals surface area contributed by atoms with Crippen molar-refractivity contribution in [1.82, 2.24) is 15.1 Å². The molecule has 0 radical (unpaired) electrons. The molecule has 3 heteroatoms. The molecule has 0 spiro atoms. The van der Waals surface area contributed by atoms with Crippen molar-refractivity contribution in [3.63, 3.8) is 0 Å². The highest BCUT2D eigenvalue weighted by molar-refractivity contribution is 4.90. The van der Waals surface area contributed by atoms with Gasteiger partial charge in [0, 0.05) is 25.7 Å². The molecule has 1 N–H and O–H groups in total. The van der Waals surface area contributed by atoms with Crippen LogP contribution in [0.2, 0.25) is 0 Å². The van der Waals surface area contributed by atoms with Crippen LogP contribution in [0.3, 0.4) is 0 Å². The summed E-state index contributed by atoms with van der Waals surface area (Å²) in [7, 11) is 4.65. The van der Waals surface area contributed by atoms with Crippen LogP contribution in [-0.4, -0.2) is 62.7 Å². The van der Waals surface area contributed by atoms with E-state index in [1.807, 2.05) is 0 Å². The van der Waals surface area contributed by atoms with Crippen molar-refractivity contribution in [2.45, 2.75) is 64.3 Å². The smallest absolute Gasteiger partial charge is 0.0220 e. The largest absolute Gasteiger partial charge is 0.316 e. The van der Waals surface area contributed by atoms with Crippen LogP contribution in [0.15, 0.2) is 0 Å². The minimum Gasteiger partial charge on any atom is -0.316 e. The molecule has 1 aliphatic carbocycles. The molecule has 1 saturated carbocycles. The Kier molecular flexibility index (Phi) is 6.97. The predicted octanol–water partition coefficient (Wildman–Crippen LogP) is 2.96. The zero-order valence-electron chi connectivity index (χ0n) is 14.7. The first-order valence-electron chi connectivity index (χ1n) is 9.25. The molecular weight excluding hydrogens is 258 g/mol. The molecule has 3 nitrogen and oxygen atoms in total. The highest BCUT2D eigenvalue weighted by Gasteiger charge is 2.34. The summed E-state index contributed by atoms with van der Waals surface area (Å²) in [6.07, 6.45) is 11.2. The minimum atomic E-state index is 0.540. The van der Waals surface area contributed by atoms with Crippen LogP contribution in [-0.2, 0) is 0 Å². The Hall–Kier alpha value is -0.120. The second kappa shape index (κ2) is 8.50. The van der Waals surface area contributed by atoms with Crippen LogP contribution in [0.25, 0.3) is 0 Å². The topological polar surface area (TPSA) is 18.5 Å². The maximum Gasteiger partial charge on any atom is 0.0220 e. The van der Waals surface area contributed by atoms with Crippen LogP contribution >= 0.6 is 0 Å². The molecule has 21 heavy (non-hydrogen) atoms. The standard InChI is InChI=1S/C18H37N3/c1-4-12-19-15-18(10-6-5-7-11-18)16-21(3)17-9-8-13-20(2)14-17/h17,19H,4-16H2,1-3H3. The van der Waals surface area contributed by atoms with Gasteiger partial charge in [-0.15, -0.1) is 0 Å². The highest BCUT2D eigenvalue weighted by Crippen LogP contribution is 2.37. The Morgan fingerprint density at radius 3 is 2.62 bits per heavy atom. The molecule has 1 atom stereocenters. The zero-order valence-corrected chi connectivity index (χ0v) is 14.7. The fourth-order valence-corrected chi connectivity index (χ4v) is 4.38. The van der Waals surface area contributed by atoms with Crippen molar-refractivity contribution in [2.75, 3.05) is 46.8 Å². The molecule has 124 valence electrons. The van der Waals surface area contributed by atoms with Gasteiger partial charge in [0.15, 0.2) is 0 Å². The molecule has 0 aromatic carbocycles. The van der Waals surface area contributed by atoms with Crippen LogP contribution < -0.4 is 5.32 Å².